The molecule has 7 rings (SSSR count). The first kappa shape index (κ1) is 30.1. The Morgan fingerprint density at radius 3 is 2.52 bits per heavy atom. The third kappa shape index (κ3) is 5.31. The molecule has 1 aromatic carbocycles. The van der Waals surface area contributed by atoms with E-state index in [-0.39, 0.29) is 53.9 Å². The highest BCUT2D eigenvalue weighted by Crippen LogP contribution is 2.47. The Labute approximate surface area is 253 Å². The Bertz CT molecular complexity index is 1690. The summed E-state index contributed by atoms with van der Waals surface area (Å²) in [5, 5.41) is 16.3. The van der Waals surface area contributed by atoms with Crippen LogP contribution in [-0.2, 0) is 22.7 Å². The number of piperidine rings is 1. The number of amides is 1. The van der Waals surface area contributed by atoms with Crippen LogP contribution in [-0.4, -0.2) is 51.0 Å². The van der Waals surface area contributed by atoms with Crippen molar-refractivity contribution in [3.63, 3.8) is 0 Å². The van der Waals surface area contributed by atoms with Crippen LogP contribution in [0.2, 0.25) is 0 Å². The fourth-order valence-electron chi connectivity index (χ4n) is 6.71. The molecule has 44 heavy (non-hydrogen) atoms. The Morgan fingerprint density at radius 1 is 1.07 bits per heavy atom. The molecular weight excluding hydrogens is 571 g/mol. The van der Waals surface area contributed by atoms with Gasteiger partial charge in [-0.15, -0.1) is 0 Å². The molecule has 2 aromatic heterocycles. The largest absolute Gasteiger partial charge is 0.363 e. The van der Waals surface area contributed by atoms with Crippen molar-refractivity contribution in [3.8, 4) is 6.07 Å². The predicted molar refractivity (Wildman–Crippen MR) is 159 cm³/mol. The van der Waals surface area contributed by atoms with E-state index < -0.39 is 40.2 Å². The van der Waals surface area contributed by atoms with Gasteiger partial charge in [-0.05, 0) is 71.5 Å². The number of aromatic nitrogens is 3. The number of halogens is 3. The van der Waals surface area contributed by atoms with Gasteiger partial charge in [0.2, 0.25) is 5.91 Å². The van der Waals surface area contributed by atoms with Gasteiger partial charge in [-0.3, -0.25) is 14.2 Å². The first-order chi connectivity index (χ1) is 21.1. The summed E-state index contributed by atoms with van der Waals surface area (Å²) < 4.78 is 49.0. The van der Waals surface area contributed by atoms with E-state index in [2.05, 4.69) is 31.6 Å². The van der Waals surface area contributed by atoms with Gasteiger partial charge in [0.25, 0.3) is 11.5 Å². The summed E-state index contributed by atoms with van der Waals surface area (Å²) in [6.45, 7) is 4.75. The summed E-state index contributed by atoms with van der Waals surface area (Å²) in [5.74, 6) is -5.43. The minimum atomic E-state index is -3.35. The molecule has 3 aromatic rings. The van der Waals surface area contributed by atoms with Crippen molar-refractivity contribution < 1.29 is 18.0 Å². The molecule has 5 heterocycles. The highest BCUT2D eigenvalue weighted by Gasteiger charge is 2.48. The van der Waals surface area contributed by atoms with Crippen LogP contribution in [0.4, 0.5) is 19.0 Å². The van der Waals surface area contributed by atoms with Crippen LogP contribution >= 0.6 is 0 Å². The fourth-order valence-corrected chi connectivity index (χ4v) is 6.71. The van der Waals surface area contributed by atoms with E-state index in [0.717, 1.165) is 6.42 Å². The second-order valence-electron chi connectivity index (χ2n) is 12.5. The zero-order valence-corrected chi connectivity index (χ0v) is 24.9. The van der Waals surface area contributed by atoms with Crippen LogP contribution in [0.25, 0.3) is 11.0 Å². The molecule has 2 N–H and O–H groups in total. The Morgan fingerprint density at radius 2 is 1.82 bits per heavy atom. The second kappa shape index (κ2) is 11.5. The van der Waals surface area contributed by atoms with Crippen molar-refractivity contribution >= 4 is 22.8 Å². The smallest absolute Gasteiger partial charge is 0.278 e. The molecule has 1 aliphatic carbocycles. The van der Waals surface area contributed by atoms with E-state index in [0.29, 0.717) is 44.3 Å². The lowest BCUT2D eigenvalue weighted by atomic mass is 9.84. The Balaban J connectivity index is 1.45. The molecule has 12 heteroatoms. The van der Waals surface area contributed by atoms with Crippen molar-refractivity contribution in [1.29, 1.82) is 5.26 Å². The SMILES string of the molecule is C[C@H]1Nc2ncnc3c2cc(C2(C#N)CC2)c(=O)n3CC(=O)NCCC[C@H](C)N2CCC(CC2)C(F)(F)c2cccc1c2F. The molecule has 9 nitrogen and oxygen atoms in total. The number of hydrogen-bond acceptors (Lipinski definition) is 7. The fraction of sp³-hybridized carbons (Fsp3) is 0.531. The molecule has 1 saturated carbocycles. The number of rotatable bonds is 1. The van der Waals surface area contributed by atoms with Gasteiger partial charge in [0.05, 0.1) is 28.5 Å². The summed E-state index contributed by atoms with van der Waals surface area (Å²) in [6, 6.07) is 7.24. The maximum absolute atomic E-state index is 15.9. The van der Waals surface area contributed by atoms with E-state index in [1.54, 1.807) is 13.0 Å². The first-order valence-electron chi connectivity index (χ1n) is 15.3. The third-order valence-corrected chi connectivity index (χ3v) is 9.66. The summed E-state index contributed by atoms with van der Waals surface area (Å²) in [5.41, 5.74) is -1.58. The van der Waals surface area contributed by atoms with Crippen molar-refractivity contribution in [2.75, 3.05) is 25.0 Å². The van der Waals surface area contributed by atoms with Crippen LogP contribution in [0.15, 0.2) is 35.4 Å². The molecule has 3 aliphatic heterocycles. The van der Waals surface area contributed by atoms with Crippen LogP contribution in [0.3, 0.4) is 0 Å². The zero-order chi connectivity index (χ0) is 31.2. The van der Waals surface area contributed by atoms with E-state index >= 15 is 13.2 Å². The number of nitriles is 1. The number of benzene rings is 1. The number of anilines is 1. The quantitative estimate of drug-likeness (QED) is 0.410. The van der Waals surface area contributed by atoms with Crippen molar-refractivity contribution in [1.82, 2.24) is 24.8 Å². The maximum Gasteiger partial charge on any atom is 0.278 e. The number of nitrogens with zero attached hydrogens (tertiary/aromatic N) is 5. The highest BCUT2D eigenvalue weighted by molar-refractivity contribution is 5.89. The highest BCUT2D eigenvalue weighted by atomic mass is 19.3. The van der Waals surface area contributed by atoms with Gasteiger partial charge < -0.3 is 15.5 Å². The normalized spacial score (nSPS) is 26.7. The molecule has 2 fully saturated rings. The van der Waals surface area contributed by atoms with Gasteiger partial charge in [-0.2, -0.15) is 5.26 Å². The lowest BCUT2D eigenvalue weighted by Crippen LogP contribution is -2.44. The molecule has 1 amide bonds. The molecule has 4 aliphatic rings. The summed E-state index contributed by atoms with van der Waals surface area (Å²) >= 11 is 0. The lowest BCUT2D eigenvalue weighted by Gasteiger charge is -2.39. The van der Waals surface area contributed by atoms with E-state index in [9.17, 15) is 14.9 Å². The van der Waals surface area contributed by atoms with Gasteiger partial charge in [-0.1, -0.05) is 18.2 Å². The monoisotopic (exact) mass is 607 g/mol. The minimum Gasteiger partial charge on any atom is -0.363 e. The first-order valence-corrected chi connectivity index (χ1v) is 15.3. The van der Waals surface area contributed by atoms with E-state index in [1.165, 1.54) is 29.1 Å². The number of fused-ring (bicyclic) bond motifs is 9. The van der Waals surface area contributed by atoms with Gasteiger partial charge in [0.15, 0.2) is 0 Å². The van der Waals surface area contributed by atoms with Crippen LogP contribution < -0.4 is 16.2 Å². The number of alkyl halides is 2. The maximum atomic E-state index is 15.9. The van der Waals surface area contributed by atoms with Gasteiger partial charge in [-0.25, -0.2) is 23.1 Å². The van der Waals surface area contributed by atoms with E-state index in [4.69, 9.17) is 0 Å². The van der Waals surface area contributed by atoms with Crippen LogP contribution in [0, 0.1) is 23.1 Å². The molecule has 232 valence electrons. The van der Waals surface area contributed by atoms with Crippen molar-refractivity contribution in [3.05, 3.63) is 63.5 Å². The van der Waals surface area contributed by atoms with Crippen LogP contribution in [0.5, 0.6) is 0 Å². The predicted octanol–water partition coefficient (Wildman–Crippen LogP) is 4.76. The third-order valence-electron chi connectivity index (χ3n) is 9.66. The lowest BCUT2D eigenvalue weighted by molar-refractivity contribution is -0.121. The van der Waals surface area contributed by atoms with Gasteiger partial charge in [0, 0.05) is 29.6 Å². The van der Waals surface area contributed by atoms with Crippen molar-refractivity contribution in [2.24, 2.45) is 5.92 Å². The number of pyridine rings is 1. The molecule has 0 radical (unpaired) electrons. The topological polar surface area (TPSA) is 116 Å². The number of carbonyl (C=O) groups excluding carboxylic acids is 1. The molecule has 8 bridgehead atoms. The summed E-state index contributed by atoms with van der Waals surface area (Å²) in [7, 11) is 0. The minimum absolute atomic E-state index is 0.0505. The van der Waals surface area contributed by atoms with E-state index in [1.807, 2.05) is 6.92 Å². The molecule has 0 unspecified atom stereocenters. The van der Waals surface area contributed by atoms with Gasteiger partial charge >= 0.3 is 0 Å². The number of hydrogen-bond donors (Lipinski definition) is 2. The Kier molecular flexibility index (Phi) is 7.86. The van der Waals surface area contributed by atoms with Crippen LogP contribution in [0.1, 0.15) is 75.1 Å². The summed E-state index contributed by atoms with van der Waals surface area (Å²) in [6.07, 6.45) is 4.16. The average Bonchev–Trinajstić information content (AvgIpc) is 3.81. The molecule has 2 atom stereocenters. The second-order valence-corrected chi connectivity index (χ2v) is 12.5. The molecular formula is C32H36F3N7O2. The standard InChI is InChI=1S/C32H36F3N7O2/c1-19-5-4-12-37-26(43)16-42-29-23(15-25(30(42)44)31(17-36)10-11-31)28(38-18-39-29)40-20(2)22-6-3-7-24(27(22)33)32(34,35)21-8-13-41(19)14-9-21/h3,6-7,15,18-21H,4-5,8-14,16H2,1-2H3,(H,37,43)(H,38,39,40)/t19-,20+/m0/s1. The molecule has 0 spiro atoms. The average molecular weight is 608 g/mol. The van der Waals surface area contributed by atoms with Gasteiger partial charge in [0.1, 0.15) is 30.2 Å². The zero-order valence-electron chi connectivity index (χ0n) is 24.9. The molecule has 1 saturated heterocycles. The summed E-state index contributed by atoms with van der Waals surface area (Å²) in [4.78, 5) is 37.6. The van der Waals surface area contributed by atoms with Crippen molar-refractivity contribution in [2.45, 2.75) is 82.3 Å². The Hall–Kier alpha value is -3.98. The number of nitrogens with one attached hydrogen (secondary N) is 2. The number of carbonyl (C=O) groups is 1.